The molecule has 60 valence electrons. The molecule has 0 aliphatic heterocycles. The molecule has 0 saturated heterocycles. The third-order valence-corrected chi connectivity index (χ3v) is 1.52. The number of aliphatic hydroxyl groups excluding tert-OH is 1. The molecule has 4 nitrogen and oxygen atoms in total. The van der Waals surface area contributed by atoms with Gasteiger partial charge in [0.15, 0.2) is 0 Å². The first-order valence-electron chi connectivity index (χ1n) is 3.25. The number of hydrogen-bond donors (Lipinski definition) is 3. The van der Waals surface area contributed by atoms with Crippen molar-refractivity contribution in [2.75, 3.05) is 0 Å². The average Bonchev–Trinajstić information content (AvgIpc) is 2.00. The van der Waals surface area contributed by atoms with Crippen molar-refractivity contribution in [3.05, 3.63) is 0 Å². The number of rotatable bonds is 3. The van der Waals surface area contributed by atoms with Gasteiger partial charge in [-0.1, -0.05) is 13.8 Å². The van der Waals surface area contributed by atoms with Gasteiger partial charge in [0.2, 0.25) is 5.91 Å². The van der Waals surface area contributed by atoms with Gasteiger partial charge in [0, 0.05) is 0 Å². The lowest BCUT2D eigenvalue weighted by Gasteiger charge is -2.13. The number of carbonyl (C=O) groups excluding carboxylic acids is 1. The van der Waals surface area contributed by atoms with Gasteiger partial charge in [0.1, 0.15) is 0 Å². The van der Waals surface area contributed by atoms with Crippen LogP contribution in [0.1, 0.15) is 20.3 Å². The zero-order valence-electron chi connectivity index (χ0n) is 6.16. The van der Waals surface area contributed by atoms with E-state index in [1.54, 1.807) is 13.8 Å². The second kappa shape index (κ2) is 4.24. The molecule has 0 aromatic rings. The number of nitrogens with one attached hydrogen (secondary N) is 1. The number of amides is 1. The van der Waals surface area contributed by atoms with Crippen LogP contribution in [0.4, 0.5) is 0 Å². The maximum absolute atomic E-state index is 10.6. The first-order chi connectivity index (χ1) is 4.63. The summed E-state index contributed by atoms with van der Waals surface area (Å²) < 4.78 is 0. The van der Waals surface area contributed by atoms with Crippen LogP contribution in [0, 0.1) is 5.92 Å². The first-order valence-corrected chi connectivity index (χ1v) is 3.25. The van der Waals surface area contributed by atoms with Crippen LogP contribution in [0.25, 0.3) is 0 Å². The molecule has 0 aromatic heterocycles. The standard InChI is InChI=1S/C6H13NO3/c1-3-5(8)4(2)6(9)7-10/h4-5,8,10H,3H2,1-2H3,(H,7,9)/t4-,5?/m0/s1. The minimum Gasteiger partial charge on any atom is -0.392 e. The lowest BCUT2D eigenvalue weighted by atomic mass is 10.0. The summed E-state index contributed by atoms with van der Waals surface area (Å²) in [5.41, 5.74) is 1.48. The van der Waals surface area contributed by atoms with E-state index in [2.05, 4.69) is 0 Å². The van der Waals surface area contributed by atoms with E-state index in [-0.39, 0.29) is 0 Å². The quantitative estimate of drug-likeness (QED) is 0.385. The number of aliphatic hydroxyl groups is 1. The lowest BCUT2D eigenvalue weighted by Crippen LogP contribution is -2.33. The van der Waals surface area contributed by atoms with Gasteiger partial charge in [-0.2, -0.15) is 0 Å². The summed E-state index contributed by atoms with van der Waals surface area (Å²) in [6.45, 7) is 3.32. The van der Waals surface area contributed by atoms with E-state index in [0.717, 1.165) is 0 Å². The fourth-order valence-corrected chi connectivity index (χ4v) is 0.630. The Morgan fingerprint density at radius 3 is 2.50 bits per heavy atom. The molecule has 0 aliphatic carbocycles. The molecule has 0 bridgehead atoms. The summed E-state index contributed by atoms with van der Waals surface area (Å²) >= 11 is 0. The molecule has 10 heavy (non-hydrogen) atoms. The maximum Gasteiger partial charge on any atom is 0.248 e. The van der Waals surface area contributed by atoms with Crippen molar-refractivity contribution in [1.82, 2.24) is 5.48 Å². The van der Waals surface area contributed by atoms with Crippen LogP contribution >= 0.6 is 0 Å². The minimum atomic E-state index is -0.674. The van der Waals surface area contributed by atoms with Crippen LogP contribution in [0.15, 0.2) is 0 Å². The molecule has 1 amide bonds. The zero-order chi connectivity index (χ0) is 8.15. The summed E-state index contributed by atoms with van der Waals surface area (Å²) in [5, 5.41) is 17.2. The topological polar surface area (TPSA) is 69.6 Å². The number of hydroxylamine groups is 1. The van der Waals surface area contributed by atoms with E-state index >= 15 is 0 Å². The smallest absolute Gasteiger partial charge is 0.248 e. The van der Waals surface area contributed by atoms with Gasteiger partial charge in [0.25, 0.3) is 0 Å². The van der Waals surface area contributed by atoms with Crippen molar-refractivity contribution in [3.8, 4) is 0 Å². The SMILES string of the molecule is CCC(O)[C@H](C)C(=O)NO. The molecule has 3 N–H and O–H groups in total. The van der Waals surface area contributed by atoms with Gasteiger partial charge in [-0.05, 0) is 6.42 Å². The van der Waals surface area contributed by atoms with Crippen LogP contribution in [0.2, 0.25) is 0 Å². The molecule has 0 rings (SSSR count). The van der Waals surface area contributed by atoms with Crippen LogP contribution < -0.4 is 5.48 Å². The minimum absolute atomic E-state index is 0.509. The van der Waals surface area contributed by atoms with Crippen molar-refractivity contribution in [2.24, 2.45) is 5.92 Å². The predicted molar refractivity (Wildman–Crippen MR) is 35.4 cm³/mol. The number of carbonyl (C=O) groups is 1. The van der Waals surface area contributed by atoms with E-state index in [0.29, 0.717) is 6.42 Å². The molecule has 1 unspecified atom stereocenters. The molecule has 0 spiro atoms. The van der Waals surface area contributed by atoms with Gasteiger partial charge >= 0.3 is 0 Å². The monoisotopic (exact) mass is 147 g/mol. The van der Waals surface area contributed by atoms with Crippen molar-refractivity contribution >= 4 is 5.91 Å². The molecular formula is C6H13NO3. The zero-order valence-corrected chi connectivity index (χ0v) is 6.16. The predicted octanol–water partition coefficient (Wildman–Crippen LogP) is -0.101. The van der Waals surface area contributed by atoms with Crippen LogP contribution in [-0.4, -0.2) is 22.3 Å². The summed E-state index contributed by atoms with van der Waals surface area (Å²) in [5.74, 6) is -1.09. The highest BCUT2D eigenvalue weighted by Gasteiger charge is 2.19. The van der Waals surface area contributed by atoms with E-state index in [4.69, 9.17) is 10.3 Å². The average molecular weight is 147 g/mol. The van der Waals surface area contributed by atoms with Crippen LogP contribution in [-0.2, 0) is 4.79 Å². The highest BCUT2D eigenvalue weighted by molar-refractivity contribution is 5.77. The fourth-order valence-electron chi connectivity index (χ4n) is 0.630. The Morgan fingerprint density at radius 2 is 2.20 bits per heavy atom. The Balaban J connectivity index is 3.81. The van der Waals surface area contributed by atoms with E-state index in [9.17, 15) is 4.79 Å². The van der Waals surface area contributed by atoms with Crippen molar-refractivity contribution in [2.45, 2.75) is 26.4 Å². The Bertz CT molecular complexity index is 116. The second-order valence-electron chi connectivity index (χ2n) is 2.24. The fraction of sp³-hybridized carbons (Fsp3) is 0.833. The molecule has 0 fully saturated rings. The van der Waals surface area contributed by atoms with Crippen molar-refractivity contribution < 1.29 is 15.1 Å². The third-order valence-electron chi connectivity index (χ3n) is 1.52. The summed E-state index contributed by atoms with van der Waals surface area (Å²) in [4.78, 5) is 10.6. The summed E-state index contributed by atoms with van der Waals surface area (Å²) in [6.07, 6.45) is -0.165. The molecule has 0 radical (unpaired) electrons. The highest BCUT2D eigenvalue weighted by Crippen LogP contribution is 2.05. The molecule has 0 saturated carbocycles. The second-order valence-corrected chi connectivity index (χ2v) is 2.24. The molecular weight excluding hydrogens is 134 g/mol. The first kappa shape index (κ1) is 9.39. The number of hydrogen-bond acceptors (Lipinski definition) is 3. The van der Waals surface area contributed by atoms with Crippen LogP contribution in [0.5, 0.6) is 0 Å². The lowest BCUT2D eigenvalue weighted by molar-refractivity contribution is -0.136. The van der Waals surface area contributed by atoms with Crippen molar-refractivity contribution in [1.29, 1.82) is 0 Å². The molecule has 0 heterocycles. The van der Waals surface area contributed by atoms with E-state index in [1.165, 1.54) is 5.48 Å². The normalized spacial score (nSPS) is 16.0. The Morgan fingerprint density at radius 1 is 1.70 bits per heavy atom. The third kappa shape index (κ3) is 2.33. The van der Waals surface area contributed by atoms with Gasteiger partial charge in [-0.25, -0.2) is 5.48 Å². The largest absolute Gasteiger partial charge is 0.392 e. The summed E-state index contributed by atoms with van der Waals surface area (Å²) in [6, 6.07) is 0. The Hall–Kier alpha value is -0.610. The molecule has 0 aliphatic rings. The van der Waals surface area contributed by atoms with Gasteiger partial charge in [-0.3, -0.25) is 10.0 Å². The maximum atomic E-state index is 10.6. The van der Waals surface area contributed by atoms with Crippen molar-refractivity contribution in [3.63, 3.8) is 0 Å². The van der Waals surface area contributed by atoms with Gasteiger partial charge in [-0.15, -0.1) is 0 Å². The van der Waals surface area contributed by atoms with E-state index in [1.807, 2.05) is 0 Å². The van der Waals surface area contributed by atoms with Crippen LogP contribution in [0.3, 0.4) is 0 Å². The van der Waals surface area contributed by atoms with Gasteiger partial charge < -0.3 is 5.11 Å². The molecule has 4 heteroatoms. The Labute approximate surface area is 59.8 Å². The highest BCUT2D eigenvalue weighted by atomic mass is 16.5. The molecule has 0 aromatic carbocycles. The Kier molecular flexibility index (Phi) is 3.99. The summed E-state index contributed by atoms with van der Waals surface area (Å²) in [7, 11) is 0. The van der Waals surface area contributed by atoms with Gasteiger partial charge in [0.05, 0.1) is 12.0 Å². The van der Waals surface area contributed by atoms with E-state index < -0.39 is 17.9 Å². The molecule has 2 atom stereocenters.